The van der Waals surface area contributed by atoms with Crippen LogP contribution in [0.2, 0.25) is 0 Å². The third kappa shape index (κ3) is 3.24. The van der Waals surface area contributed by atoms with Crippen LogP contribution in [0, 0.1) is 6.92 Å². The van der Waals surface area contributed by atoms with Crippen molar-refractivity contribution in [3.63, 3.8) is 0 Å². The van der Waals surface area contributed by atoms with Crippen molar-refractivity contribution in [1.82, 2.24) is 19.9 Å². The van der Waals surface area contributed by atoms with E-state index in [4.69, 9.17) is 5.73 Å². The molecule has 0 aliphatic rings. The number of benzene rings is 1. The number of H-pyrrole nitrogens is 1. The van der Waals surface area contributed by atoms with E-state index in [0.29, 0.717) is 22.9 Å². The first-order valence-electron chi connectivity index (χ1n) is 7.11. The lowest BCUT2D eigenvalue weighted by Crippen LogP contribution is -2.15. The van der Waals surface area contributed by atoms with Gasteiger partial charge in [0.2, 0.25) is 0 Å². The molecule has 0 spiro atoms. The second-order valence-corrected chi connectivity index (χ2v) is 4.95. The normalized spacial score (nSPS) is 10.5. The number of amides is 1. The maximum absolute atomic E-state index is 12.2. The summed E-state index contributed by atoms with van der Waals surface area (Å²) in [6.07, 6.45) is 3.18. The van der Waals surface area contributed by atoms with Gasteiger partial charge in [0.25, 0.3) is 5.91 Å². The van der Waals surface area contributed by atoms with E-state index < -0.39 is 0 Å². The monoisotopic (exact) mass is 308 g/mol. The van der Waals surface area contributed by atoms with Crippen LogP contribution >= 0.6 is 0 Å². The van der Waals surface area contributed by atoms with Crippen molar-refractivity contribution < 1.29 is 4.79 Å². The first-order chi connectivity index (χ1) is 11.2. The minimum atomic E-state index is -0.294. The fraction of sp³-hybridized carbons (Fsp3) is 0.125. The highest BCUT2D eigenvalue weighted by Crippen LogP contribution is 2.19. The van der Waals surface area contributed by atoms with Gasteiger partial charge in [-0.15, -0.1) is 0 Å². The lowest BCUT2D eigenvalue weighted by molar-refractivity contribution is 0.102. The summed E-state index contributed by atoms with van der Waals surface area (Å²) in [5.74, 6) is 0.421. The van der Waals surface area contributed by atoms with Crippen LogP contribution in [-0.4, -0.2) is 25.8 Å². The van der Waals surface area contributed by atoms with Crippen molar-refractivity contribution in [3.8, 4) is 11.3 Å². The van der Waals surface area contributed by atoms with E-state index >= 15 is 0 Å². The molecule has 0 saturated heterocycles. The number of aromatic nitrogens is 4. The Hall–Kier alpha value is -3.06. The molecule has 2 aromatic heterocycles. The molecule has 3 aromatic rings. The molecule has 0 atom stereocenters. The lowest BCUT2D eigenvalue weighted by atomic mass is 10.1. The van der Waals surface area contributed by atoms with Gasteiger partial charge in [0.15, 0.2) is 5.69 Å². The summed E-state index contributed by atoms with van der Waals surface area (Å²) >= 11 is 0. The SMILES string of the molecule is Cc1nccc(-c2ccc(NC(=O)c3nc[nH]c3CN)cc2)n1. The number of anilines is 1. The van der Waals surface area contributed by atoms with Gasteiger partial charge >= 0.3 is 0 Å². The van der Waals surface area contributed by atoms with Gasteiger partial charge in [0, 0.05) is 24.0 Å². The molecule has 0 saturated carbocycles. The molecule has 1 amide bonds. The lowest BCUT2D eigenvalue weighted by Gasteiger charge is -2.06. The Balaban J connectivity index is 1.76. The zero-order valence-corrected chi connectivity index (χ0v) is 12.6. The van der Waals surface area contributed by atoms with Gasteiger partial charge in [-0.2, -0.15) is 0 Å². The molecule has 0 fully saturated rings. The summed E-state index contributed by atoms with van der Waals surface area (Å²) in [4.78, 5) is 27.5. The highest BCUT2D eigenvalue weighted by Gasteiger charge is 2.13. The second-order valence-electron chi connectivity index (χ2n) is 4.95. The zero-order chi connectivity index (χ0) is 16.2. The molecule has 3 rings (SSSR count). The third-order valence-corrected chi connectivity index (χ3v) is 3.35. The average Bonchev–Trinajstić information content (AvgIpc) is 3.04. The van der Waals surface area contributed by atoms with Crippen LogP contribution in [0.5, 0.6) is 0 Å². The molecule has 2 heterocycles. The topological polar surface area (TPSA) is 110 Å². The first-order valence-corrected chi connectivity index (χ1v) is 7.11. The molecule has 116 valence electrons. The Morgan fingerprint density at radius 3 is 2.70 bits per heavy atom. The van der Waals surface area contributed by atoms with E-state index in [9.17, 15) is 4.79 Å². The largest absolute Gasteiger partial charge is 0.347 e. The van der Waals surface area contributed by atoms with E-state index in [1.54, 1.807) is 6.20 Å². The predicted molar refractivity (Wildman–Crippen MR) is 86.6 cm³/mol. The molecular formula is C16H16N6O. The van der Waals surface area contributed by atoms with Gasteiger partial charge in [-0.3, -0.25) is 4.79 Å². The van der Waals surface area contributed by atoms with Crippen LogP contribution in [0.1, 0.15) is 22.0 Å². The number of aromatic amines is 1. The van der Waals surface area contributed by atoms with Gasteiger partial charge < -0.3 is 16.0 Å². The number of nitrogens with zero attached hydrogens (tertiary/aromatic N) is 3. The standard InChI is InChI=1S/C16H16N6O/c1-10-18-7-6-13(21-10)11-2-4-12(5-3-11)22-16(23)15-14(8-17)19-9-20-15/h2-7,9H,8,17H2,1H3,(H,19,20)(H,22,23). The minimum absolute atomic E-state index is 0.231. The Kier molecular flexibility index (Phi) is 4.11. The number of hydrogen-bond acceptors (Lipinski definition) is 5. The zero-order valence-electron chi connectivity index (χ0n) is 12.6. The number of hydrogen-bond donors (Lipinski definition) is 3. The molecule has 0 radical (unpaired) electrons. The Bertz CT molecular complexity index is 825. The van der Waals surface area contributed by atoms with Crippen molar-refractivity contribution >= 4 is 11.6 Å². The smallest absolute Gasteiger partial charge is 0.276 e. The summed E-state index contributed by atoms with van der Waals surface area (Å²) in [6, 6.07) is 9.27. The Morgan fingerprint density at radius 1 is 1.22 bits per heavy atom. The molecule has 0 bridgehead atoms. The summed E-state index contributed by atoms with van der Waals surface area (Å²) in [5.41, 5.74) is 8.95. The maximum Gasteiger partial charge on any atom is 0.276 e. The summed E-state index contributed by atoms with van der Waals surface area (Å²) in [7, 11) is 0. The average molecular weight is 308 g/mol. The van der Waals surface area contributed by atoms with Gasteiger partial charge in [0.05, 0.1) is 17.7 Å². The molecular weight excluding hydrogens is 292 g/mol. The molecule has 1 aromatic carbocycles. The van der Waals surface area contributed by atoms with Gasteiger partial charge in [-0.05, 0) is 25.1 Å². The third-order valence-electron chi connectivity index (χ3n) is 3.35. The van der Waals surface area contributed by atoms with E-state index in [2.05, 4.69) is 25.3 Å². The summed E-state index contributed by atoms with van der Waals surface area (Å²) in [6.45, 7) is 2.08. The highest BCUT2D eigenvalue weighted by molar-refractivity contribution is 6.03. The van der Waals surface area contributed by atoms with E-state index in [0.717, 1.165) is 11.3 Å². The van der Waals surface area contributed by atoms with Crippen LogP contribution in [0.15, 0.2) is 42.9 Å². The van der Waals surface area contributed by atoms with Crippen molar-refractivity contribution in [1.29, 1.82) is 0 Å². The maximum atomic E-state index is 12.2. The van der Waals surface area contributed by atoms with Crippen molar-refractivity contribution in [2.24, 2.45) is 5.73 Å². The predicted octanol–water partition coefficient (Wildman–Crippen LogP) is 1.89. The van der Waals surface area contributed by atoms with Crippen LogP contribution in [-0.2, 0) is 6.54 Å². The minimum Gasteiger partial charge on any atom is -0.347 e. The number of imidazole rings is 1. The van der Waals surface area contributed by atoms with Crippen LogP contribution in [0.3, 0.4) is 0 Å². The first kappa shape index (κ1) is 14.9. The molecule has 0 unspecified atom stereocenters. The highest BCUT2D eigenvalue weighted by atomic mass is 16.1. The van der Waals surface area contributed by atoms with Crippen molar-refractivity contribution in [2.45, 2.75) is 13.5 Å². The van der Waals surface area contributed by atoms with Crippen LogP contribution < -0.4 is 11.1 Å². The molecule has 7 nitrogen and oxygen atoms in total. The van der Waals surface area contributed by atoms with E-state index in [1.807, 2.05) is 37.3 Å². The Labute approximate surface area is 133 Å². The van der Waals surface area contributed by atoms with Gasteiger partial charge in [0.1, 0.15) is 5.82 Å². The molecule has 23 heavy (non-hydrogen) atoms. The number of nitrogens with one attached hydrogen (secondary N) is 2. The number of carbonyl (C=O) groups excluding carboxylic acids is 1. The molecule has 0 aliphatic heterocycles. The number of nitrogens with two attached hydrogens (primary N) is 1. The molecule has 7 heteroatoms. The fourth-order valence-corrected chi connectivity index (χ4v) is 2.20. The van der Waals surface area contributed by atoms with Crippen molar-refractivity contribution in [2.75, 3.05) is 5.32 Å². The number of aryl methyl sites for hydroxylation is 1. The van der Waals surface area contributed by atoms with Crippen LogP contribution in [0.4, 0.5) is 5.69 Å². The van der Waals surface area contributed by atoms with E-state index in [-0.39, 0.29) is 12.5 Å². The van der Waals surface area contributed by atoms with Crippen LogP contribution in [0.25, 0.3) is 11.3 Å². The van der Waals surface area contributed by atoms with Gasteiger partial charge in [-0.25, -0.2) is 15.0 Å². The number of carbonyl (C=O) groups is 1. The summed E-state index contributed by atoms with van der Waals surface area (Å²) < 4.78 is 0. The molecule has 0 aliphatic carbocycles. The second kappa shape index (κ2) is 6.37. The summed E-state index contributed by atoms with van der Waals surface area (Å²) in [5, 5.41) is 2.80. The fourth-order valence-electron chi connectivity index (χ4n) is 2.20. The molecule has 4 N–H and O–H groups in total. The Morgan fingerprint density at radius 2 is 2.00 bits per heavy atom. The van der Waals surface area contributed by atoms with E-state index in [1.165, 1.54) is 6.33 Å². The van der Waals surface area contributed by atoms with Crippen molar-refractivity contribution in [3.05, 3.63) is 60.1 Å². The van der Waals surface area contributed by atoms with Gasteiger partial charge in [-0.1, -0.05) is 12.1 Å². The number of rotatable bonds is 4. The quantitative estimate of drug-likeness (QED) is 0.681.